The van der Waals surface area contributed by atoms with Crippen molar-refractivity contribution in [1.29, 1.82) is 0 Å². The Bertz CT molecular complexity index is 568. The van der Waals surface area contributed by atoms with Crippen LogP contribution in [0.25, 0.3) is 0 Å². The van der Waals surface area contributed by atoms with E-state index in [1.807, 2.05) is 11.8 Å². The molecule has 0 aromatic carbocycles. The van der Waals surface area contributed by atoms with Gasteiger partial charge in [0.25, 0.3) is 0 Å². The van der Waals surface area contributed by atoms with Gasteiger partial charge < -0.3 is 10.8 Å². The maximum absolute atomic E-state index is 12.5. The Morgan fingerprint density at radius 2 is 1.92 bits per heavy atom. The highest BCUT2D eigenvalue weighted by Crippen LogP contribution is 2.67. The SMILES string of the molecule is C[C@]12CC[C@@H]3[C@@H](CCC4(O)CC(SCCCN)CC[C@]34C)[C@@H]1CCC2=O. The van der Waals surface area contributed by atoms with E-state index in [-0.39, 0.29) is 10.8 Å². The summed E-state index contributed by atoms with van der Waals surface area (Å²) in [4.78, 5) is 12.5. The van der Waals surface area contributed by atoms with Crippen molar-refractivity contribution in [2.45, 2.75) is 88.9 Å². The maximum Gasteiger partial charge on any atom is 0.139 e. The van der Waals surface area contributed by atoms with E-state index in [0.29, 0.717) is 28.8 Å². The van der Waals surface area contributed by atoms with Crippen LogP contribution in [-0.4, -0.2) is 34.0 Å². The summed E-state index contributed by atoms with van der Waals surface area (Å²) in [6, 6.07) is 0. The van der Waals surface area contributed by atoms with Crippen molar-refractivity contribution in [1.82, 2.24) is 0 Å². The van der Waals surface area contributed by atoms with E-state index in [1.54, 1.807) is 0 Å². The van der Waals surface area contributed by atoms with E-state index in [1.165, 1.54) is 6.42 Å². The molecule has 0 bridgehead atoms. The number of nitrogens with two attached hydrogens (primary N) is 1. The van der Waals surface area contributed by atoms with Crippen molar-refractivity contribution in [2.75, 3.05) is 12.3 Å². The lowest BCUT2D eigenvalue weighted by Gasteiger charge is -2.63. The second-order valence-corrected chi connectivity index (χ2v) is 11.6. The number of fused-ring (bicyclic) bond motifs is 5. The number of hydrogen-bond acceptors (Lipinski definition) is 4. The van der Waals surface area contributed by atoms with Gasteiger partial charge in [0.2, 0.25) is 0 Å². The summed E-state index contributed by atoms with van der Waals surface area (Å²) in [5, 5.41) is 12.4. The second kappa shape index (κ2) is 6.77. The van der Waals surface area contributed by atoms with E-state index >= 15 is 0 Å². The Morgan fingerprint density at radius 1 is 1.12 bits per heavy atom. The molecule has 4 saturated carbocycles. The zero-order chi connectivity index (χ0) is 18.6. The molecular weight excluding hydrogens is 342 g/mol. The molecule has 0 amide bonds. The molecule has 4 rings (SSSR count). The Hall–Kier alpha value is -0.0600. The molecule has 3 nitrogen and oxygen atoms in total. The van der Waals surface area contributed by atoms with Crippen LogP contribution in [0.5, 0.6) is 0 Å². The highest BCUT2D eigenvalue weighted by molar-refractivity contribution is 7.99. The summed E-state index contributed by atoms with van der Waals surface area (Å²) in [7, 11) is 0. The van der Waals surface area contributed by atoms with Gasteiger partial charge in [-0.15, -0.1) is 0 Å². The van der Waals surface area contributed by atoms with Crippen LogP contribution in [0.1, 0.15) is 78.1 Å². The maximum atomic E-state index is 12.5. The number of hydrogen-bond donors (Lipinski definition) is 2. The summed E-state index contributed by atoms with van der Waals surface area (Å²) in [6.45, 7) is 5.41. The van der Waals surface area contributed by atoms with Crippen molar-refractivity contribution in [3.63, 3.8) is 0 Å². The summed E-state index contributed by atoms with van der Waals surface area (Å²) in [5.74, 6) is 3.49. The molecule has 26 heavy (non-hydrogen) atoms. The summed E-state index contributed by atoms with van der Waals surface area (Å²) in [6.07, 6.45) is 10.6. The molecule has 0 aliphatic heterocycles. The predicted molar refractivity (Wildman–Crippen MR) is 108 cm³/mol. The van der Waals surface area contributed by atoms with Gasteiger partial charge in [0, 0.05) is 17.1 Å². The number of carbonyl (C=O) groups is 1. The smallest absolute Gasteiger partial charge is 0.139 e. The standard InChI is InChI=1S/C22H37NO2S/c1-20-9-8-18-16(17(20)4-5-19(20)24)7-11-22(25)14-15(26-13-3-12-23)6-10-21(18,22)2/h15-18,25H,3-14,23H2,1-2H3/t15?,16-,17-,18+,20-,21+,22?/m0/s1. The molecule has 2 unspecified atom stereocenters. The second-order valence-electron chi connectivity index (χ2n) is 10.2. The van der Waals surface area contributed by atoms with Gasteiger partial charge in [0.05, 0.1) is 5.60 Å². The average Bonchev–Trinajstić information content (AvgIpc) is 2.91. The summed E-state index contributed by atoms with van der Waals surface area (Å²) < 4.78 is 0. The lowest BCUT2D eigenvalue weighted by atomic mass is 9.44. The van der Waals surface area contributed by atoms with Crippen LogP contribution >= 0.6 is 11.8 Å². The molecule has 0 heterocycles. The normalized spacial score (nSPS) is 50.8. The molecule has 4 aliphatic carbocycles. The van der Waals surface area contributed by atoms with Crippen molar-refractivity contribution in [3.05, 3.63) is 0 Å². The van der Waals surface area contributed by atoms with Crippen molar-refractivity contribution in [2.24, 2.45) is 34.3 Å². The quantitative estimate of drug-likeness (QED) is 0.720. The lowest BCUT2D eigenvalue weighted by molar-refractivity contribution is -0.200. The van der Waals surface area contributed by atoms with Gasteiger partial charge >= 0.3 is 0 Å². The topological polar surface area (TPSA) is 63.3 Å². The average molecular weight is 380 g/mol. The monoisotopic (exact) mass is 379 g/mol. The fourth-order valence-corrected chi connectivity index (χ4v) is 8.80. The van der Waals surface area contributed by atoms with E-state index in [2.05, 4.69) is 13.8 Å². The molecular formula is C22H37NO2S. The first-order valence-electron chi connectivity index (χ1n) is 10.9. The minimum atomic E-state index is -0.497. The number of thioether (sulfide) groups is 1. The third-order valence-corrected chi connectivity index (χ3v) is 10.6. The Morgan fingerprint density at radius 3 is 2.69 bits per heavy atom. The lowest BCUT2D eigenvalue weighted by Crippen LogP contribution is -2.62. The zero-order valence-electron chi connectivity index (χ0n) is 16.6. The van der Waals surface area contributed by atoms with Gasteiger partial charge in [-0.05, 0) is 93.3 Å². The van der Waals surface area contributed by atoms with E-state index in [0.717, 1.165) is 70.1 Å². The molecule has 0 radical (unpaired) electrons. The minimum absolute atomic E-state index is 0.0494. The molecule has 0 saturated heterocycles. The highest BCUT2D eigenvalue weighted by Gasteiger charge is 2.64. The van der Waals surface area contributed by atoms with Crippen molar-refractivity contribution < 1.29 is 9.90 Å². The van der Waals surface area contributed by atoms with E-state index < -0.39 is 5.60 Å². The van der Waals surface area contributed by atoms with Crippen LogP contribution in [0.15, 0.2) is 0 Å². The Labute approximate surface area is 163 Å². The number of ketones is 1. The molecule has 7 atom stereocenters. The highest BCUT2D eigenvalue weighted by atomic mass is 32.2. The minimum Gasteiger partial charge on any atom is -0.389 e. The largest absolute Gasteiger partial charge is 0.389 e. The number of carbonyl (C=O) groups excluding carboxylic acids is 1. The van der Waals surface area contributed by atoms with E-state index in [4.69, 9.17) is 5.73 Å². The fourth-order valence-electron chi connectivity index (χ4n) is 7.46. The Balaban J connectivity index is 1.52. The van der Waals surface area contributed by atoms with Crippen molar-refractivity contribution >= 4 is 17.5 Å². The van der Waals surface area contributed by atoms with Crippen LogP contribution < -0.4 is 5.73 Å². The first kappa shape index (κ1) is 19.3. The molecule has 0 aromatic rings. The number of aliphatic hydroxyl groups is 1. The molecule has 0 spiro atoms. The van der Waals surface area contributed by atoms with Crippen LogP contribution in [0, 0.1) is 28.6 Å². The van der Waals surface area contributed by atoms with Gasteiger partial charge in [-0.2, -0.15) is 11.8 Å². The van der Waals surface area contributed by atoms with E-state index in [9.17, 15) is 9.90 Å². The predicted octanol–water partition coefficient (Wildman–Crippen LogP) is 4.16. The first-order valence-corrected chi connectivity index (χ1v) is 12.0. The van der Waals surface area contributed by atoms with Crippen LogP contribution in [-0.2, 0) is 4.79 Å². The van der Waals surface area contributed by atoms with Crippen LogP contribution in [0.2, 0.25) is 0 Å². The summed E-state index contributed by atoms with van der Waals surface area (Å²) >= 11 is 2.03. The first-order chi connectivity index (χ1) is 12.3. The molecule has 3 N–H and O–H groups in total. The van der Waals surface area contributed by atoms with Gasteiger partial charge in [-0.3, -0.25) is 4.79 Å². The molecule has 4 heteroatoms. The van der Waals surface area contributed by atoms with Crippen LogP contribution in [0.3, 0.4) is 0 Å². The summed E-state index contributed by atoms with van der Waals surface area (Å²) in [5.41, 5.74) is 5.15. The van der Waals surface area contributed by atoms with Gasteiger partial charge in [0.1, 0.15) is 5.78 Å². The fraction of sp³-hybridized carbons (Fsp3) is 0.955. The third kappa shape index (κ3) is 2.73. The van der Waals surface area contributed by atoms with Crippen LogP contribution in [0.4, 0.5) is 0 Å². The molecule has 148 valence electrons. The van der Waals surface area contributed by atoms with Crippen molar-refractivity contribution in [3.8, 4) is 0 Å². The molecule has 0 aromatic heterocycles. The van der Waals surface area contributed by atoms with Gasteiger partial charge in [-0.1, -0.05) is 13.8 Å². The third-order valence-electron chi connectivity index (χ3n) is 9.17. The van der Waals surface area contributed by atoms with Gasteiger partial charge in [-0.25, -0.2) is 0 Å². The van der Waals surface area contributed by atoms with Gasteiger partial charge in [0.15, 0.2) is 0 Å². The Kier molecular flexibility index (Phi) is 5.02. The number of Topliss-reactive ketones (excluding diaryl/α,β-unsaturated/α-hetero) is 1. The zero-order valence-corrected chi connectivity index (χ0v) is 17.5. The molecule has 4 fully saturated rings. The molecule has 4 aliphatic rings. The number of rotatable bonds is 4.